The molecule has 0 amide bonds. The normalized spacial score (nSPS) is 24.6. The van der Waals surface area contributed by atoms with E-state index in [0.29, 0.717) is 0 Å². The fourth-order valence-electron chi connectivity index (χ4n) is 2.34. The van der Waals surface area contributed by atoms with Crippen LogP contribution in [0.2, 0.25) is 0 Å². The SMILES string of the molecule is CCc1nc(C)ccc1OC1CCCCC1O. The van der Waals surface area contributed by atoms with Gasteiger partial charge in [0.1, 0.15) is 11.9 Å². The largest absolute Gasteiger partial charge is 0.486 e. The number of hydrogen-bond donors (Lipinski definition) is 1. The first-order chi connectivity index (χ1) is 8.20. The quantitative estimate of drug-likeness (QED) is 0.875. The number of hydrogen-bond acceptors (Lipinski definition) is 3. The molecule has 3 heteroatoms. The Balaban J connectivity index is 2.11. The summed E-state index contributed by atoms with van der Waals surface area (Å²) in [6.07, 6.45) is 4.52. The molecule has 0 bridgehead atoms. The third kappa shape index (κ3) is 2.97. The number of aliphatic hydroxyl groups excluding tert-OH is 1. The van der Waals surface area contributed by atoms with Crippen LogP contribution in [0.1, 0.15) is 44.0 Å². The predicted molar refractivity (Wildman–Crippen MR) is 67.2 cm³/mol. The minimum atomic E-state index is -0.324. The lowest BCUT2D eigenvalue weighted by Gasteiger charge is -2.28. The smallest absolute Gasteiger partial charge is 0.141 e. The number of pyridine rings is 1. The molecule has 1 heterocycles. The molecule has 1 N–H and O–H groups in total. The van der Waals surface area contributed by atoms with Crippen molar-refractivity contribution >= 4 is 0 Å². The van der Waals surface area contributed by atoms with Crippen LogP contribution in [-0.4, -0.2) is 22.3 Å². The van der Waals surface area contributed by atoms with Crippen molar-refractivity contribution in [1.82, 2.24) is 4.98 Å². The van der Waals surface area contributed by atoms with Crippen molar-refractivity contribution in [3.63, 3.8) is 0 Å². The second-order valence-corrected chi connectivity index (χ2v) is 4.76. The number of aliphatic hydroxyl groups is 1. The highest BCUT2D eigenvalue weighted by Gasteiger charge is 2.25. The van der Waals surface area contributed by atoms with Gasteiger partial charge in [0.2, 0.25) is 0 Å². The van der Waals surface area contributed by atoms with Crippen LogP contribution >= 0.6 is 0 Å². The van der Waals surface area contributed by atoms with Crippen LogP contribution in [0.3, 0.4) is 0 Å². The summed E-state index contributed by atoms with van der Waals surface area (Å²) in [6, 6.07) is 3.94. The number of rotatable bonds is 3. The van der Waals surface area contributed by atoms with E-state index in [0.717, 1.165) is 49.2 Å². The van der Waals surface area contributed by atoms with E-state index in [1.54, 1.807) is 0 Å². The molecule has 3 nitrogen and oxygen atoms in total. The maximum Gasteiger partial charge on any atom is 0.141 e. The Morgan fingerprint density at radius 2 is 2.12 bits per heavy atom. The molecule has 1 aliphatic carbocycles. The molecule has 1 aromatic rings. The maximum absolute atomic E-state index is 9.90. The van der Waals surface area contributed by atoms with Gasteiger partial charge in [-0.15, -0.1) is 0 Å². The van der Waals surface area contributed by atoms with Crippen LogP contribution in [-0.2, 0) is 6.42 Å². The lowest BCUT2D eigenvalue weighted by Crippen LogP contribution is -2.34. The molecule has 1 aliphatic rings. The summed E-state index contributed by atoms with van der Waals surface area (Å²) in [4.78, 5) is 4.48. The van der Waals surface area contributed by atoms with Gasteiger partial charge in [-0.2, -0.15) is 0 Å². The lowest BCUT2D eigenvalue weighted by atomic mass is 9.95. The van der Waals surface area contributed by atoms with Gasteiger partial charge in [-0.05, 0) is 44.7 Å². The van der Waals surface area contributed by atoms with Gasteiger partial charge in [-0.25, -0.2) is 0 Å². The van der Waals surface area contributed by atoms with Crippen molar-refractivity contribution in [3.8, 4) is 5.75 Å². The molecular formula is C14H21NO2. The molecule has 1 fully saturated rings. The molecule has 0 saturated heterocycles. The van der Waals surface area contributed by atoms with Crippen LogP contribution in [0.15, 0.2) is 12.1 Å². The molecule has 1 aromatic heterocycles. The van der Waals surface area contributed by atoms with Gasteiger partial charge in [-0.3, -0.25) is 4.98 Å². The van der Waals surface area contributed by atoms with Gasteiger partial charge < -0.3 is 9.84 Å². The molecule has 0 aliphatic heterocycles. The maximum atomic E-state index is 9.90. The first-order valence-electron chi connectivity index (χ1n) is 6.52. The van der Waals surface area contributed by atoms with Crippen LogP contribution in [0, 0.1) is 6.92 Å². The summed E-state index contributed by atoms with van der Waals surface area (Å²) in [5.41, 5.74) is 2.00. The van der Waals surface area contributed by atoms with E-state index in [2.05, 4.69) is 11.9 Å². The van der Waals surface area contributed by atoms with Crippen LogP contribution in [0.4, 0.5) is 0 Å². The summed E-state index contributed by atoms with van der Waals surface area (Å²) in [6.45, 7) is 4.06. The molecule has 94 valence electrons. The van der Waals surface area contributed by atoms with Gasteiger partial charge >= 0.3 is 0 Å². The Kier molecular flexibility index (Phi) is 4.00. The fourth-order valence-corrected chi connectivity index (χ4v) is 2.34. The highest BCUT2D eigenvalue weighted by atomic mass is 16.5. The topological polar surface area (TPSA) is 42.4 Å². The standard InChI is InChI=1S/C14H21NO2/c1-3-11-13(9-8-10(2)15-11)17-14-7-5-4-6-12(14)16/h8-9,12,14,16H,3-7H2,1-2H3. The molecule has 17 heavy (non-hydrogen) atoms. The first-order valence-corrected chi connectivity index (χ1v) is 6.52. The third-order valence-electron chi connectivity index (χ3n) is 3.35. The minimum Gasteiger partial charge on any atom is -0.486 e. The summed E-state index contributed by atoms with van der Waals surface area (Å²) in [5.74, 6) is 0.837. The molecular weight excluding hydrogens is 214 g/mol. The van der Waals surface area contributed by atoms with Crippen LogP contribution in [0.25, 0.3) is 0 Å². The highest BCUT2D eigenvalue weighted by Crippen LogP contribution is 2.26. The molecule has 0 radical (unpaired) electrons. The fraction of sp³-hybridized carbons (Fsp3) is 0.643. The van der Waals surface area contributed by atoms with Crippen LogP contribution in [0.5, 0.6) is 5.75 Å². The van der Waals surface area contributed by atoms with Crippen molar-refractivity contribution < 1.29 is 9.84 Å². The van der Waals surface area contributed by atoms with E-state index in [1.807, 2.05) is 19.1 Å². The monoisotopic (exact) mass is 235 g/mol. The number of ether oxygens (including phenoxy) is 1. The third-order valence-corrected chi connectivity index (χ3v) is 3.35. The molecule has 0 spiro atoms. The van der Waals surface area contributed by atoms with Crippen molar-refractivity contribution in [2.24, 2.45) is 0 Å². The Bertz CT molecular complexity index is 378. The van der Waals surface area contributed by atoms with Crippen molar-refractivity contribution in [1.29, 1.82) is 0 Å². The van der Waals surface area contributed by atoms with E-state index < -0.39 is 0 Å². The summed E-state index contributed by atoms with van der Waals surface area (Å²) in [5, 5.41) is 9.90. The molecule has 2 atom stereocenters. The second kappa shape index (κ2) is 5.50. The van der Waals surface area contributed by atoms with Crippen LogP contribution < -0.4 is 4.74 Å². The van der Waals surface area contributed by atoms with E-state index in [4.69, 9.17) is 4.74 Å². The van der Waals surface area contributed by atoms with E-state index in [9.17, 15) is 5.11 Å². The Morgan fingerprint density at radius 1 is 1.35 bits per heavy atom. The first kappa shape index (κ1) is 12.4. The molecule has 2 rings (SSSR count). The Labute approximate surface area is 103 Å². The molecule has 0 aromatic carbocycles. The zero-order chi connectivity index (χ0) is 12.3. The van der Waals surface area contributed by atoms with Crippen molar-refractivity contribution in [3.05, 3.63) is 23.5 Å². The van der Waals surface area contributed by atoms with E-state index in [-0.39, 0.29) is 12.2 Å². The zero-order valence-corrected chi connectivity index (χ0v) is 10.6. The number of nitrogens with zero attached hydrogens (tertiary/aromatic N) is 1. The Hall–Kier alpha value is -1.09. The van der Waals surface area contributed by atoms with Crippen molar-refractivity contribution in [2.45, 2.75) is 58.2 Å². The van der Waals surface area contributed by atoms with Gasteiger partial charge in [-0.1, -0.05) is 13.3 Å². The van der Waals surface area contributed by atoms with Gasteiger partial charge in [0, 0.05) is 5.69 Å². The number of aryl methyl sites for hydroxylation is 2. The summed E-state index contributed by atoms with van der Waals surface area (Å²) < 4.78 is 5.93. The van der Waals surface area contributed by atoms with E-state index >= 15 is 0 Å². The average molecular weight is 235 g/mol. The van der Waals surface area contributed by atoms with Gasteiger partial charge in [0.25, 0.3) is 0 Å². The molecule has 1 saturated carbocycles. The summed E-state index contributed by atoms with van der Waals surface area (Å²) in [7, 11) is 0. The Morgan fingerprint density at radius 3 is 2.82 bits per heavy atom. The lowest BCUT2D eigenvalue weighted by molar-refractivity contribution is 0.00619. The predicted octanol–water partition coefficient (Wildman–Crippen LogP) is 2.63. The second-order valence-electron chi connectivity index (χ2n) is 4.76. The van der Waals surface area contributed by atoms with E-state index in [1.165, 1.54) is 0 Å². The minimum absolute atomic E-state index is 0.0569. The number of aromatic nitrogens is 1. The van der Waals surface area contributed by atoms with Crippen molar-refractivity contribution in [2.75, 3.05) is 0 Å². The zero-order valence-electron chi connectivity index (χ0n) is 10.6. The van der Waals surface area contributed by atoms with Gasteiger partial charge in [0.05, 0.1) is 11.8 Å². The average Bonchev–Trinajstić information content (AvgIpc) is 2.34. The van der Waals surface area contributed by atoms with Gasteiger partial charge in [0.15, 0.2) is 0 Å². The molecule has 2 unspecified atom stereocenters. The highest BCUT2D eigenvalue weighted by molar-refractivity contribution is 5.29. The summed E-state index contributed by atoms with van der Waals surface area (Å²) >= 11 is 0.